The van der Waals surface area contributed by atoms with Crippen molar-refractivity contribution in [2.75, 3.05) is 32.0 Å². The summed E-state index contributed by atoms with van der Waals surface area (Å²) in [5.41, 5.74) is -4.13. The highest BCUT2D eigenvalue weighted by atomic mass is 32.2. The molecule has 0 aliphatic rings. The van der Waals surface area contributed by atoms with Gasteiger partial charge in [0.2, 0.25) is 0 Å². The van der Waals surface area contributed by atoms with E-state index in [9.17, 15) is 32.3 Å². The summed E-state index contributed by atoms with van der Waals surface area (Å²) < 4.78 is 43.7. The van der Waals surface area contributed by atoms with Crippen molar-refractivity contribution in [3.05, 3.63) is 59.7 Å². The molecule has 2 rings (SSSR count). The molecule has 0 saturated carbocycles. The van der Waals surface area contributed by atoms with Gasteiger partial charge in [0.15, 0.2) is 0 Å². The molecule has 41 heavy (non-hydrogen) atoms. The van der Waals surface area contributed by atoms with Crippen LogP contribution in [0.3, 0.4) is 0 Å². The second kappa shape index (κ2) is 14.6. The third-order valence-corrected chi connectivity index (χ3v) is 5.95. The number of carboxylic acid groups (broad SMARTS) is 1. The Hall–Kier alpha value is -3.94. The first kappa shape index (κ1) is 33.3. The minimum absolute atomic E-state index is 0.0300. The van der Waals surface area contributed by atoms with E-state index in [1.165, 1.54) is 53.2 Å². The molecule has 14 heteroatoms. The van der Waals surface area contributed by atoms with Crippen LogP contribution in [0.5, 0.6) is 0 Å². The number of ether oxygens (including phenoxy) is 1. The third kappa shape index (κ3) is 12.8. The zero-order chi connectivity index (χ0) is 30.8. The lowest BCUT2D eigenvalue weighted by molar-refractivity contribution is -0.136. The molecule has 10 nitrogen and oxygen atoms in total. The molecule has 0 heterocycles. The Labute approximate surface area is 240 Å². The van der Waals surface area contributed by atoms with Crippen molar-refractivity contribution in [3.63, 3.8) is 0 Å². The number of likely N-dealkylation sites (N-methyl/N-ethyl adjacent to an activating group) is 1. The van der Waals surface area contributed by atoms with Gasteiger partial charge in [-0.05, 0) is 68.4 Å². The number of nitrogens with one attached hydrogen (secondary N) is 2. The molecule has 0 aliphatic carbocycles. The van der Waals surface area contributed by atoms with Gasteiger partial charge < -0.3 is 30.3 Å². The summed E-state index contributed by atoms with van der Waals surface area (Å²) >= 11 is -0.300. The molecular weight excluding hydrogens is 565 g/mol. The number of halogens is 3. The summed E-state index contributed by atoms with van der Waals surface area (Å²) in [5, 5.41) is 13.8. The fourth-order valence-corrected chi connectivity index (χ4v) is 3.89. The number of alkyl halides is 3. The number of hydrogen-bond acceptors (Lipinski definition) is 6. The highest BCUT2D eigenvalue weighted by Gasteiger charge is 2.29. The number of carbonyl (C=O) groups excluding carboxylic acids is 3. The minimum Gasteiger partial charge on any atom is -0.481 e. The van der Waals surface area contributed by atoms with E-state index < -0.39 is 35.1 Å². The SMILES string of the molecule is CN(CCN(Cc1ccc(C(=O)NCCC(=O)O)cc1)C(=O)Nc1cccc(SC(F)(F)F)c1)C(=O)OC(C)(C)C. The molecule has 0 spiro atoms. The predicted molar refractivity (Wildman–Crippen MR) is 148 cm³/mol. The van der Waals surface area contributed by atoms with Crippen LogP contribution >= 0.6 is 11.8 Å². The lowest BCUT2D eigenvalue weighted by Gasteiger charge is -2.28. The van der Waals surface area contributed by atoms with Crippen LogP contribution in [-0.2, 0) is 16.1 Å². The number of anilines is 1. The Balaban J connectivity index is 2.16. The van der Waals surface area contributed by atoms with E-state index in [1.54, 1.807) is 32.9 Å². The number of nitrogens with zero attached hydrogens (tertiary/aromatic N) is 2. The number of carboxylic acids is 1. The van der Waals surface area contributed by atoms with Crippen LogP contribution < -0.4 is 10.6 Å². The molecule has 0 radical (unpaired) electrons. The van der Waals surface area contributed by atoms with Gasteiger partial charge in [-0.2, -0.15) is 13.2 Å². The van der Waals surface area contributed by atoms with Crippen molar-refractivity contribution in [2.24, 2.45) is 0 Å². The van der Waals surface area contributed by atoms with E-state index in [4.69, 9.17) is 9.84 Å². The number of amides is 4. The molecule has 2 aromatic rings. The second-order valence-electron chi connectivity index (χ2n) is 9.93. The average molecular weight is 599 g/mol. The number of hydrogen-bond donors (Lipinski definition) is 3. The van der Waals surface area contributed by atoms with Crippen molar-refractivity contribution in [1.82, 2.24) is 15.1 Å². The highest BCUT2D eigenvalue weighted by molar-refractivity contribution is 8.00. The molecular formula is C27H33F3N4O6S. The second-order valence-corrected chi connectivity index (χ2v) is 11.1. The van der Waals surface area contributed by atoms with Crippen molar-refractivity contribution < 1.29 is 42.2 Å². The van der Waals surface area contributed by atoms with E-state index in [0.717, 1.165) is 0 Å². The van der Waals surface area contributed by atoms with Gasteiger partial charge in [0, 0.05) is 49.4 Å². The summed E-state index contributed by atoms with van der Waals surface area (Å²) in [6.45, 7) is 5.33. The zero-order valence-electron chi connectivity index (χ0n) is 23.1. The molecule has 0 bridgehead atoms. The van der Waals surface area contributed by atoms with Crippen LogP contribution in [0.2, 0.25) is 0 Å². The molecule has 0 saturated heterocycles. The summed E-state index contributed by atoms with van der Waals surface area (Å²) in [5.74, 6) is -1.50. The highest BCUT2D eigenvalue weighted by Crippen LogP contribution is 2.37. The van der Waals surface area contributed by atoms with E-state index >= 15 is 0 Å². The van der Waals surface area contributed by atoms with Gasteiger partial charge in [-0.15, -0.1) is 0 Å². The Morgan fingerprint density at radius 1 is 1.00 bits per heavy atom. The number of urea groups is 1. The lowest BCUT2D eigenvalue weighted by Crippen LogP contribution is -2.42. The monoisotopic (exact) mass is 598 g/mol. The first-order chi connectivity index (χ1) is 19.0. The molecule has 0 aliphatic heterocycles. The van der Waals surface area contributed by atoms with E-state index in [0.29, 0.717) is 11.1 Å². The summed E-state index contributed by atoms with van der Waals surface area (Å²) in [4.78, 5) is 51.0. The number of benzene rings is 2. The maximum atomic E-state index is 13.2. The first-order valence-corrected chi connectivity index (χ1v) is 13.3. The molecule has 224 valence electrons. The molecule has 0 unspecified atom stereocenters. The Morgan fingerprint density at radius 2 is 1.66 bits per heavy atom. The lowest BCUT2D eigenvalue weighted by atomic mass is 10.1. The average Bonchev–Trinajstić information content (AvgIpc) is 2.84. The first-order valence-electron chi connectivity index (χ1n) is 12.5. The van der Waals surface area contributed by atoms with Gasteiger partial charge in [-0.3, -0.25) is 9.59 Å². The Morgan fingerprint density at radius 3 is 2.24 bits per heavy atom. The van der Waals surface area contributed by atoms with Crippen LogP contribution in [0.1, 0.15) is 43.1 Å². The van der Waals surface area contributed by atoms with E-state index in [2.05, 4.69) is 10.6 Å². The molecule has 3 N–H and O–H groups in total. The predicted octanol–water partition coefficient (Wildman–Crippen LogP) is 5.40. The minimum atomic E-state index is -4.49. The van der Waals surface area contributed by atoms with Crippen LogP contribution in [0.4, 0.5) is 28.4 Å². The van der Waals surface area contributed by atoms with Crippen molar-refractivity contribution in [2.45, 2.75) is 49.7 Å². The summed E-state index contributed by atoms with van der Waals surface area (Å²) in [6, 6.07) is 11.0. The number of thioether (sulfide) groups is 1. The van der Waals surface area contributed by atoms with Gasteiger partial charge in [0.25, 0.3) is 5.91 Å². The van der Waals surface area contributed by atoms with Crippen LogP contribution in [0.15, 0.2) is 53.4 Å². The van der Waals surface area contributed by atoms with Gasteiger partial charge in [0.1, 0.15) is 5.60 Å². The van der Waals surface area contributed by atoms with Gasteiger partial charge in [-0.1, -0.05) is 18.2 Å². The summed E-state index contributed by atoms with van der Waals surface area (Å²) in [7, 11) is 1.51. The Kier molecular flexibility index (Phi) is 11.9. The van der Waals surface area contributed by atoms with Crippen LogP contribution in [0, 0.1) is 0 Å². The molecule has 0 atom stereocenters. The largest absolute Gasteiger partial charge is 0.481 e. The smallest absolute Gasteiger partial charge is 0.446 e. The fraction of sp³-hybridized carbons (Fsp3) is 0.407. The van der Waals surface area contributed by atoms with Crippen molar-refractivity contribution in [1.29, 1.82) is 0 Å². The fourth-order valence-electron chi connectivity index (χ4n) is 3.29. The number of aliphatic carboxylic acids is 1. The molecule has 2 aromatic carbocycles. The Bertz CT molecular complexity index is 1220. The van der Waals surface area contributed by atoms with E-state index in [-0.39, 0.29) is 54.9 Å². The third-order valence-electron chi connectivity index (χ3n) is 5.23. The van der Waals surface area contributed by atoms with E-state index in [1.807, 2.05) is 0 Å². The van der Waals surface area contributed by atoms with Crippen molar-refractivity contribution >= 4 is 41.5 Å². The van der Waals surface area contributed by atoms with Crippen LogP contribution in [0.25, 0.3) is 0 Å². The zero-order valence-corrected chi connectivity index (χ0v) is 23.9. The quantitative estimate of drug-likeness (QED) is 0.295. The maximum Gasteiger partial charge on any atom is 0.446 e. The topological polar surface area (TPSA) is 128 Å². The number of carbonyl (C=O) groups is 4. The summed E-state index contributed by atoms with van der Waals surface area (Å²) in [6.07, 6.45) is -0.809. The number of rotatable bonds is 11. The van der Waals surface area contributed by atoms with Crippen molar-refractivity contribution in [3.8, 4) is 0 Å². The van der Waals surface area contributed by atoms with Crippen LogP contribution in [-0.4, -0.2) is 76.7 Å². The maximum absolute atomic E-state index is 13.2. The standard InChI is InChI=1S/C27H33F3N4O6S/c1-26(2,3)40-25(39)33(4)14-15-34(24(38)32-20-6-5-7-21(16-20)41-27(28,29)30)17-18-8-10-19(11-9-18)23(37)31-13-12-22(35)36/h5-11,16H,12-15,17H2,1-4H3,(H,31,37)(H,32,38)(H,35,36). The normalized spacial score (nSPS) is 11.4. The van der Waals surface area contributed by atoms with Gasteiger partial charge in [-0.25, -0.2) is 9.59 Å². The van der Waals surface area contributed by atoms with Gasteiger partial charge >= 0.3 is 23.6 Å². The van der Waals surface area contributed by atoms with Gasteiger partial charge in [0.05, 0.1) is 6.42 Å². The molecule has 0 fully saturated rings. The molecule has 4 amide bonds. The molecule has 0 aromatic heterocycles.